The number of phenols is 1. The van der Waals surface area contributed by atoms with Crippen molar-refractivity contribution >= 4 is 12.0 Å². The van der Waals surface area contributed by atoms with Crippen LogP contribution in [0.25, 0.3) is 6.08 Å². The summed E-state index contributed by atoms with van der Waals surface area (Å²) in [6, 6.07) is 13.5. The van der Waals surface area contributed by atoms with Gasteiger partial charge < -0.3 is 35.0 Å². The van der Waals surface area contributed by atoms with E-state index < -0.39 is 36.7 Å². The number of aliphatic carboxylic acids is 1. The lowest BCUT2D eigenvalue weighted by Gasteiger charge is -2.38. The highest BCUT2D eigenvalue weighted by atomic mass is 16.7. The Morgan fingerprint density at radius 2 is 1.68 bits per heavy atom. The molecule has 0 bridgehead atoms. The molecule has 5 N–H and O–H groups in total. The lowest BCUT2D eigenvalue weighted by Crippen LogP contribution is -2.61. The van der Waals surface area contributed by atoms with Crippen LogP contribution in [0.4, 0.5) is 0 Å². The smallest absolute Gasteiger partial charge is 0.336 e. The normalized spacial score (nSPS) is 27.0. The number of phenolic OH excluding ortho intramolecular Hbond substituents is 1. The minimum Gasteiger partial charge on any atom is -0.508 e. The summed E-state index contributed by atoms with van der Waals surface area (Å²) in [6.07, 6.45) is -2.63. The summed E-state index contributed by atoms with van der Waals surface area (Å²) >= 11 is 0. The third-order valence-corrected chi connectivity index (χ3v) is 4.99. The molecule has 1 aliphatic heterocycles. The van der Waals surface area contributed by atoms with Crippen LogP contribution in [0.1, 0.15) is 17.0 Å². The quantitative estimate of drug-likeness (QED) is 0.420. The number of carbonyl (C=O) groups is 1. The molecule has 2 aromatic rings. The van der Waals surface area contributed by atoms with Crippen molar-refractivity contribution in [1.82, 2.24) is 0 Å². The predicted octanol–water partition coefficient (Wildman–Crippen LogP) is 1.65. The van der Waals surface area contributed by atoms with Gasteiger partial charge in [0.1, 0.15) is 23.7 Å². The lowest BCUT2D eigenvalue weighted by molar-refractivity contribution is -0.275. The van der Waals surface area contributed by atoms with Crippen molar-refractivity contribution < 1.29 is 39.8 Å². The molecule has 3 rings (SSSR count). The molecule has 0 radical (unpaired) electrons. The molecular formula is C23H24O8. The highest BCUT2D eigenvalue weighted by Crippen LogP contribution is 2.26. The Balaban J connectivity index is 1.70. The van der Waals surface area contributed by atoms with Gasteiger partial charge in [0.2, 0.25) is 0 Å². The lowest BCUT2D eigenvalue weighted by atomic mass is 9.97. The Kier molecular flexibility index (Phi) is 7.09. The van der Waals surface area contributed by atoms with Gasteiger partial charge in [-0.15, -0.1) is 6.58 Å². The number of ether oxygens (including phenoxy) is 2. The first-order chi connectivity index (χ1) is 14.8. The van der Waals surface area contributed by atoms with Crippen LogP contribution in [0.2, 0.25) is 0 Å². The van der Waals surface area contributed by atoms with Gasteiger partial charge in [-0.3, -0.25) is 0 Å². The summed E-state index contributed by atoms with van der Waals surface area (Å²) in [5.74, 6) is -1.04. The average Bonchev–Trinajstić information content (AvgIpc) is 2.76. The van der Waals surface area contributed by atoms with Crippen molar-refractivity contribution in [2.24, 2.45) is 0 Å². The van der Waals surface area contributed by atoms with E-state index in [9.17, 15) is 30.3 Å². The molecule has 3 unspecified atom stereocenters. The molecule has 0 aliphatic carbocycles. The Hall–Kier alpha value is -3.17. The zero-order chi connectivity index (χ0) is 22.5. The molecular weight excluding hydrogens is 404 g/mol. The Morgan fingerprint density at radius 1 is 1.03 bits per heavy atom. The van der Waals surface area contributed by atoms with Gasteiger partial charge in [0.25, 0.3) is 0 Å². The second-order valence-corrected chi connectivity index (χ2v) is 7.13. The third kappa shape index (κ3) is 5.31. The highest BCUT2D eigenvalue weighted by Gasteiger charge is 2.48. The molecule has 31 heavy (non-hydrogen) atoms. The standard InChI is InChI=1S/C23H24O8/c1-2-14(15-7-9-16(24)10-8-15)6-3-13-4-11-17(12-5-13)30-20-18(25)19(26)23(29)31-21(20)22(27)28/h2-12,14,18-21,23-26,29H,1H2,(H,27,28)/b6-3+/t14?,18-,19?,20-,21?,23-/m1/s1. The van der Waals surface area contributed by atoms with Crippen LogP contribution in [-0.4, -0.2) is 62.2 Å². The molecule has 0 aromatic heterocycles. The monoisotopic (exact) mass is 428 g/mol. The fourth-order valence-corrected chi connectivity index (χ4v) is 3.23. The molecule has 0 spiro atoms. The number of carboxylic acid groups (broad SMARTS) is 1. The van der Waals surface area contributed by atoms with Gasteiger partial charge in [-0.1, -0.05) is 42.5 Å². The van der Waals surface area contributed by atoms with Crippen LogP contribution in [0, 0.1) is 0 Å². The average molecular weight is 428 g/mol. The molecule has 0 amide bonds. The van der Waals surface area contributed by atoms with E-state index in [-0.39, 0.29) is 17.4 Å². The summed E-state index contributed by atoms with van der Waals surface area (Å²) in [4.78, 5) is 11.4. The van der Waals surface area contributed by atoms with E-state index in [1.807, 2.05) is 24.3 Å². The molecule has 1 heterocycles. The first-order valence-corrected chi connectivity index (χ1v) is 9.59. The van der Waals surface area contributed by atoms with Crippen LogP contribution < -0.4 is 4.74 Å². The topological polar surface area (TPSA) is 137 Å². The number of aromatic hydroxyl groups is 1. The molecule has 1 aliphatic rings. The maximum atomic E-state index is 11.4. The number of hydrogen-bond acceptors (Lipinski definition) is 7. The van der Waals surface area contributed by atoms with E-state index in [0.717, 1.165) is 11.1 Å². The van der Waals surface area contributed by atoms with Crippen molar-refractivity contribution in [3.8, 4) is 11.5 Å². The van der Waals surface area contributed by atoms with Crippen molar-refractivity contribution in [1.29, 1.82) is 0 Å². The van der Waals surface area contributed by atoms with Crippen LogP contribution in [0.3, 0.4) is 0 Å². The van der Waals surface area contributed by atoms with Crippen molar-refractivity contribution in [2.45, 2.75) is 36.6 Å². The number of rotatable bonds is 7. The fourth-order valence-electron chi connectivity index (χ4n) is 3.23. The largest absolute Gasteiger partial charge is 0.508 e. The number of aliphatic hydroxyl groups is 3. The first kappa shape index (κ1) is 22.5. The fraction of sp³-hybridized carbons (Fsp3) is 0.261. The van der Waals surface area contributed by atoms with Gasteiger partial charge in [0, 0.05) is 5.92 Å². The molecule has 0 saturated carbocycles. The SMILES string of the molecule is C=CC(/C=C/c1ccc(O[C@H]2C(C(=O)O)O[C@@H](O)C(O)[C@H]2O)cc1)c1ccc(O)cc1. The molecule has 8 heteroatoms. The second kappa shape index (κ2) is 9.76. The van der Waals surface area contributed by atoms with Crippen molar-refractivity contribution in [3.05, 3.63) is 78.4 Å². The zero-order valence-electron chi connectivity index (χ0n) is 16.5. The maximum Gasteiger partial charge on any atom is 0.336 e. The number of allylic oxidation sites excluding steroid dienone is 2. The summed E-state index contributed by atoms with van der Waals surface area (Å²) in [5, 5.41) is 48.1. The van der Waals surface area contributed by atoms with Crippen molar-refractivity contribution in [2.75, 3.05) is 0 Å². The van der Waals surface area contributed by atoms with Gasteiger partial charge in [-0.2, -0.15) is 0 Å². The minimum atomic E-state index is -1.82. The summed E-state index contributed by atoms with van der Waals surface area (Å²) in [7, 11) is 0. The van der Waals surface area contributed by atoms with Crippen LogP contribution >= 0.6 is 0 Å². The molecule has 8 nitrogen and oxygen atoms in total. The summed E-state index contributed by atoms with van der Waals surface area (Å²) in [6.45, 7) is 3.84. The van der Waals surface area contributed by atoms with Crippen LogP contribution in [0.15, 0.2) is 67.3 Å². The predicted molar refractivity (Wildman–Crippen MR) is 111 cm³/mol. The molecule has 2 aromatic carbocycles. The Morgan fingerprint density at radius 3 is 2.26 bits per heavy atom. The van der Waals surface area contributed by atoms with Gasteiger partial charge in [0.15, 0.2) is 18.5 Å². The van der Waals surface area contributed by atoms with E-state index in [0.29, 0.717) is 0 Å². The van der Waals surface area contributed by atoms with E-state index in [4.69, 9.17) is 9.47 Å². The van der Waals surface area contributed by atoms with Gasteiger partial charge in [0.05, 0.1) is 0 Å². The second-order valence-electron chi connectivity index (χ2n) is 7.13. The molecule has 1 saturated heterocycles. The van der Waals surface area contributed by atoms with E-state index in [2.05, 4.69) is 6.58 Å². The van der Waals surface area contributed by atoms with E-state index >= 15 is 0 Å². The molecule has 1 fully saturated rings. The van der Waals surface area contributed by atoms with Crippen molar-refractivity contribution in [3.63, 3.8) is 0 Å². The Labute approximate surface area is 178 Å². The van der Waals surface area contributed by atoms with Crippen LogP contribution in [-0.2, 0) is 9.53 Å². The highest BCUT2D eigenvalue weighted by molar-refractivity contribution is 5.73. The molecule has 164 valence electrons. The Bertz CT molecular complexity index is 922. The third-order valence-electron chi connectivity index (χ3n) is 4.99. The zero-order valence-corrected chi connectivity index (χ0v) is 16.5. The minimum absolute atomic E-state index is 0.0599. The first-order valence-electron chi connectivity index (χ1n) is 9.59. The molecule has 6 atom stereocenters. The number of hydrogen-bond donors (Lipinski definition) is 5. The van der Waals surface area contributed by atoms with E-state index in [1.165, 1.54) is 0 Å². The maximum absolute atomic E-state index is 11.4. The van der Waals surface area contributed by atoms with Gasteiger partial charge in [-0.25, -0.2) is 4.79 Å². The summed E-state index contributed by atoms with van der Waals surface area (Å²) < 4.78 is 10.4. The van der Waals surface area contributed by atoms with Gasteiger partial charge in [-0.05, 0) is 35.4 Å². The number of benzene rings is 2. The summed E-state index contributed by atoms with van der Waals surface area (Å²) in [5.41, 5.74) is 1.81. The van der Waals surface area contributed by atoms with Crippen LogP contribution in [0.5, 0.6) is 11.5 Å². The van der Waals surface area contributed by atoms with E-state index in [1.54, 1.807) is 42.5 Å². The number of aliphatic hydroxyl groups excluding tert-OH is 3. The number of carboxylic acids is 1. The van der Waals surface area contributed by atoms with Gasteiger partial charge >= 0.3 is 5.97 Å².